The number of ether oxygens (including phenoxy) is 1. The smallest absolute Gasteiger partial charge is 0.258 e. The molecule has 0 saturated heterocycles. The third kappa shape index (κ3) is 4.93. The van der Waals surface area contributed by atoms with Crippen molar-refractivity contribution in [2.45, 2.75) is 33.9 Å². The summed E-state index contributed by atoms with van der Waals surface area (Å²) in [4.78, 5) is 12.2. The molecule has 0 saturated carbocycles. The number of carbonyl (C=O) groups is 1. The van der Waals surface area contributed by atoms with Crippen molar-refractivity contribution in [3.05, 3.63) is 81.6 Å². The van der Waals surface area contributed by atoms with Crippen LogP contribution < -0.4 is 10.1 Å². The Bertz CT molecular complexity index is 967. The maximum absolute atomic E-state index is 12.2. The van der Waals surface area contributed by atoms with Gasteiger partial charge in [0.15, 0.2) is 6.61 Å². The van der Waals surface area contributed by atoms with Crippen molar-refractivity contribution < 1.29 is 9.53 Å². The molecule has 0 atom stereocenters. The predicted octanol–water partition coefficient (Wildman–Crippen LogP) is 4.21. The third-order valence-corrected chi connectivity index (χ3v) is 4.90. The van der Waals surface area contributed by atoms with Crippen LogP contribution >= 0.6 is 11.6 Å². The lowest BCUT2D eigenvalue weighted by Gasteiger charge is -2.10. The van der Waals surface area contributed by atoms with Crippen LogP contribution in [-0.4, -0.2) is 22.3 Å². The van der Waals surface area contributed by atoms with Crippen molar-refractivity contribution in [2.75, 3.05) is 6.61 Å². The van der Waals surface area contributed by atoms with Crippen LogP contribution in [0.2, 0.25) is 5.02 Å². The minimum atomic E-state index is -0.177. The van der Waals surface area contributed by atoms with E-state index in [1.54, 1.807) is 12.1 Å². The molecule has 0 spiro atoms. The molecule has 0 radical (unpaired) electrons. The topological polar surface area (TPSA) is 56.1 Å². The summed E-state index contributed by atoms with van der Waals surface area (Å²) in [7, 11) is 0. The number of amides is 1. The highest BCUT2D eigenvalue weighted by atomic mass is 35.5. The zero-order chi connectivity index (χ0) is 20.1. The number of benzene rings is 2. The van der Waals surface area contributed by atoms with E-state index in [-0.39, 0.29) is 12.5 Å². The van der Waals surface area contributed by atoms with Gasteiger partial charge in [0.25, 0.3) is 5.91 Å². The fraction of sp³-hybridized carbons (Fsp3) is 0.273. The van der Waals surface area contributed by atoms with E-state index < -0.39 is 0 Å². The van der Waals surface area contributed by atoms with Crippen LogP contribution in [0.15, 0.2) is 48.5 Å². The van der Waals surface area contributed by atoms with E-state index in [1.807, 2.05) is 49.7 Å². The van der Waals surface area contributed by atoms with Gasteiger partial charge in [0.1, 0.15) is 5.75 Å². The lowest BCUT2D eigenvalue weighted by Crippen LogP contribution is -2.29. The summed E-state index contributed by atoms with van der Waals surface area (Å²) in [6.45, 7) is 6.97. The van der Waals surface area contributed by atoms with Crippen molar-refractivity contribution in [1.82, 2.24) is 15.1 Å². The maximum Gasteiger partial charge on any atom is 0.258 e. The summed E-state index contributed by atoms with van der Waals surface area (Å²) in [5, 5.41) is 8.18. The maximum atomic E-state index is 12.2. The molecule has 5 nitrogen and oxygen atoms in total. The monoisotopic (exact) mass is 397 g/mol. The Balaban J connectivity index is 1.57. The van der Waals surface area contributed by atoms with Gasteiger partial charge in [-0.15, -0.1) is 0 Å². The van der Waals surface area contributed by atoms with Crippen LogP contribution in [0.1, 0.15) is 28.1 Å². The molecule has 1 aromatic heterocycles. The Labute approximate surface area is 170 Å². The highest BCUT2D eigenvalue weighted by molar-refractivity contribution is 6.30. The molecule has 1 heterocycles. The van der Waals surface area contributed by atoms with Crippen molar-refractivity contribution >= 4 is 17.5 Å². The first-order chi connectivity index (χ1) is 13.4. The SMILES string of the molecule is Cc1cc(Cl)ccc1OCC(=O)NCc1c(C)nn(Cc2ccccc2)c1C. The van der Waals surface area contributed by atoms with E-state index >= 15 is 0 Å². The van der Waals surface area contributed by atoms with Gasteiger partial charge >= 0.3 is 0 Å². The summed E-state index contributed by atoms with van der Waals surface area (Å²) in [6.07, 6.45) is 0. The van der Waals surface area contributed by atoms with Crippen molar-refractivity contribution in [2.24, 2.45) is 0 Å². The van der Waals surface area contributed by atoms with Gasteiger partial charge in [-0.05, 0) is 50.1 Å². The number of hydrogen-bond donors (Lipinski definition) is 1. The average Bonchev–Trinajstić information content (AvgIpc) is 2.93. The molecule has 1 amide bonds. The Morgan fingerprint density at radius 3 is 2.61 bits per heavy atom. The largest absolute Gasteiger partial charge is 0.484 e. The fourth-order valence-corrected chi connectivity index (χ4v) is 3.28. The molecule has 1 N–H and O–H groups in total. The van der Waals surface area contributed by atoms with Crippen LogP contribution in [0.25, 0.3) is 0 Å². The fourth-order valence-electron chi connectivity index (χ4n) is 3.06. The minimum absolute atomic E-state index is 0.0429. The second kappa shape index (κ2) is 8.93. The van der Waals surface area contributed by atoms with Crippen LogP contribution in [0.4, 0.5) is 0 Å². The third-order valence-electron chi connectivity index (χ3n) is 4.66. The lowest BCUT2D eigenvalue weighted by molar-refractivity contribution is -0.123. The van der Waals surface area contributed by atoms with Crippen molar-refractivity contribution in [1.29, 1.82) is 0 Å². The lowest BCUT2D eigenvalue weighted by atomic mass is 10.2. The van der Waals surface area contributed by atoms with Gasteiger partial charge in [0, 0.05) is 22.8 Å². The second-order valence-corrected chi connectivity index (χ2v) is 7.20. The molecule has 0 aliphatic rings. The standard InChI is InChI=1S/C22H24ClN3O2/c1-15-11-19(23)9-10-21(15)28-14-22(27)24-12-20-16(2)25-26(17(20)3)13-18-7-5-4-6-8-18/h4-11H,12-14H2,1-3H3,(H,24,27). The first-order valence-electron chi connectivity index (χ1n) is 9.16. The molecule has 2 aromatic carbocycles. The number of carbonyl (C=O) groups excluding carboxylic acids is 1. The number of hydrogen-bond acceptors (Lipinski definition) is 3. The number of rotatable bonds is 7. The minimum Gasteiger partial charge on any atom is -0.484 e. The number of halogens is 1. The van der Waals surface area contributed by atoms with E-state index in [4.69, 9.17) is 16.3 Å². The Morgan fingerprint density at radius 1 is 1.14 bits per heavy atom. The molecule has 146 valence electrons. The molecule has 3 rings (SSSR count). The number of nitrogens with zero attached hydrogens (tertiary/aromatic N) is 2. The highest BCUT2D eigenvalue weighted by Crippen LogP contribution is 2.21. The highest BCUT2D eigenvalue weighted by Gasteiger charge is 2.13. The molecular weight excluding hydrogens is 374 g/mol. The van der Waals surface area contributed by atoms with Gasteiger partial charge in [-0.2, -0.15) is 5.10 Å². The number of aryl methyl sites for hydroxylation is 2. The van der Waals surface area contributed by atoms with Gasteiger partial charge in [-0.3, -0.25) is 9.48 Å². The molecular formula is C22H24ClN3O2. The Hall–Kier alpha value is -2.79. The quantitative estimate of drug-likeness (QED) is 0.649. The summed E-state index contributed by atoms with van der Waals surface area (Å²) in [5.74, 6) is 0.478. The molecule has 6 heteroatoms. The predicted molar refractivity (Wildman–Crippen MR) is 111 cm³/mol. The van der Waals surface area contributed by atoms with Gasteiger partial charge < -0.3 is 10.1 Å². The van der Waals surface area contributed by atoms with Gasteiger partial charge in [-0.1, -0.05) is 41.9 Å². The van der Waals surface area contributed by atoms with E-state index in [9.17, 15) is 4.79 Å². The summed E-state index contributed by atoms with van der Waals surface area (Å²) >= 11 is 5.94. The van der Waals surface area contributed by atoms with E-state index in [0.29, 0.717) is 23.9 Å². The van der Waals surface area contributed by atoms with Gasteiger partial charge in [0.2, 0.25) is 0 Å². The van der Waals surface area contributed by atoms with E-state index in [2.05, 4.69) is 22.5 Å². The summed E-state index contributed by atoms with van der Waals surface area (Å²) < 4.78 is 7.57. The van der Waals surface area contributed by atoms with E-state index in [1.165, 1.54) is 5.56 Å². The molecule has 3 aromatic rings. The number of aromatic nitrogens is 2. The van der Waals surface area contributed by atoms with Crippen LogP contribution in [0, 0.1) is 20.8 Å². The molecule has 0 bridgehead atoms. The average molecular weight is 398 g/mol. The second-order valence-electron chi connectivity index (χ2n) is 6.77. The van der Waals surface area contributed by atoms with Gasteiger partial charge in [-0.25, -0.2) is 0 Å². The van der Waals surface area contributed by atoms with Crippen molar-refractivity contribution in [3.8, 4) is 5.75 Å². The zero-order valence-electron chi connectivity index (χ0n) is 16.3. The van der Waals surface area contributed by atoms with E-state index in [0.717, 1.165) is 22.5 Å². The summed E-state index contributed by atoms with van der Waals surface area (Å²) in [6, 6.07) is 15.5. The Morgan fingerprint density at radius 2 is 1.89 bits per heavy atom. The van der Waals surface area contributed by atoms with Crippen LogP contribution in [0.5, 0.6) is 5.75 Å². The van der Waals surface area contributed by atoms with Crippen LogP contribution in [-0.2, 0) is 17.9 Å². The van der Waals surface area contributed by atoms with Crippen molar-refractivity contribution in [3.63, 3.8) is 0 Å². The molecule has 0 aliphatic carbocycles. The molecule has 0 aliphatic heterocycles. The van der Waals surface area contributed by atoms with Crippen LogP contribution in [0.3, 0.4) is 0 Å². The first kappa shape index (κ1) is 20.0. The normalized spacial score (nSPS) is 10.7. The Kier molecular flexibility index (Phi) is 6.37. The molecule has 28 heavy (non-hydrogen) atoms. The number of nitrogens with one attached hydrogen (secondary N) is 1. The molecule has 0 unspecified atom stereocenters. The van der Waals surface area contributed by atoms with Gasteiger partial charge in [0.05, 0.1) is 12.2 Å². The summed E-state index contributed by atoms with van der Waals surface area (Å²) in [5.41, 5.74) is 5.09. The molecule has 0 fully saturated rings. The zero-order valence-corrected chi connectivity index (χ0v) is 17.1. The first-order valence-corrected chi connectivity index (χ1v) is 9.54.